The lowest BCUT2D eigenvalue weighted by Gasteiger charge is -2.32. The first kappa shape index (κ1) is 14.3. The topological polar surface area (TPSA) is 36.6 Å². The van der Waals surface area contributed by atoms with Gasteiger partial charge in [-0.1, -0.05) is 30.3 Å². The number of benzene rings is 2. The Morgan fingerprint density at radius 3 is 2.96 bits per heavy atom. The summed E-state index contributed by atoms with van der Waals surface area (Å²) in [5.41, 5.74) is 3.47. The first-order chi connectivity index (χ1) is 11.3. The number of hydrogen-bond acceptors (Lipinski definition) is 3. The van der Waals surface area contributed by atoms with Gasteiger partial charge in [0.25, 0.3) is 0 Å². The van der Waals surface area contributed by atoms with E-state index in [9.17, 15) is 5.11 Å². The predicted octanol–water partition coefficient (Wildman–Crippen LogP) is 4.52. The summed E-state index contributed by atoms with van der Waals surface area (Å²) in [5, 5.41) is 10.9. The van der Waals surface area contributed by atoms with Crippen LogP contribution in [0.1, 0.15) is 29.9 Å². The van der Waals surface area contributed by atoms with Gasteiger partial charge in [-0.05, 0) is 49.1 Å². The van der Waals surface area contributed by atoms with Crippen LogP contribution < -0.4 is 0 Å². The summed E-state index contributed by atoms with van der Waals surface area (Å²) in [6.45, 7) is 3.07. The molecule has 0 radical (unpaired) electrons. The van der Waals surface area contributed by atoms with Crippen molar-refractivity contribution in [2.24, 2.45) is 0 Å². The van der Waals surface area contributed by atoms with Gasteiger partial charge < -0.3 is 9.52 Å². The van der Waals surface area contributed by atoms with Crippen molar-refractivity contribution in [2.75, 3.05) is 13.1 Å². The van der Waals surface area contributed by atoms with Gasteiger partial charge in [0.2, 0.25) is 0 Å². The van der Waals surface area contributed by atoms with Gasteiger partial charge in [0.05, 0.1) is 6.26 Å². The van der Waals surface area contributed by atoms with Crippen LogP contribution >= 0.6 is 0 Å². The van der Waals surface area contributed by atoms with Crippen LogP contribution in [-0.2, 0) is 6.54 Å². The SMILES string of the molecule is Oc1cccc(C2CCCN(Cc3coc4ccccc34)C2)c1. The fourth-order valence-corrected chi connectivity index (χ4v) is 3.65. The molecular formula is C20H21NO2. The predicted molar refractivity (Wildman–Crippen MR) is 91.6 cm³/mol. The van der Waals surface area contributed by atoms with E-state index in [0.29, 0.717) is 11.7 Å². The second-order valence-electron chi connectivity index (χ2n) is 6.43. The molecule has 1 aliphatic rings. The van der Waals surface area contributed by atoms with Crippen LogP contribution in [0.15, 0.2) is 59.2 Å². The quantitative estimate of drug-likeness (QED) is 0.773. The van der Waals surface area contributed by atoms with Crippen LogP contribution in [0.4, 0.5) is 0 Å². The van der Waals surface area contributed by atoms with Crippen molar-refractivity contribution in [2.45, 2.75) is 25.3 Å². The molecule has 1 atom stereocenters. The Hall–Kier alpha value is -2.26. The lowest BCUT2D eigenvalue weighted by Crippen LogP contribution is -2.33. The fourth-order valence-electron chi connectivity index (χ4n) is 3.65. The molecule has 2 aromatic carbocycles. The number of piperidine rings is 1. The van der Waals surface area contributed by atoms with E-state index in [2.05, 4.69) is 23.1 Å². The summed E-state index contributed by atoms with van der Waals surface area (Å²) in [6, 6.07) is 15.9. The highest BCUT2D eigenvalue weighted by Gasteiger charge is 2.22. The molecule has 1 saturated heterocycles. The number of phenolic OH excluding ortho intramolecular Hbond substituents is 1. The molecule has 0 saturated carbocycles. The van der Waals surface area contributed by atoms with Crippen LogP contribution in [0.3, 0.4) is 0 Å². The normalized spacial score (nSPS) is 19.2. The van der Waals surface area contributed by atoms with Crippen molar-refractivity contribution in [1.29, 1.82) is 0 Å². The highest BCUT2D eigenvalue weighted by molar-refractivity contribution is 5.80. The van der Waals surface area contributed by atoms with E-state index in [0.717, 1.165) is 25.2 Å². The van der Waals surface area contributed by atoms with Gasteiger partial charge in [-0.25, -0.2) is 0 Å². The van der Waals surface area contributed by atoms with Crippen molar-refractivity contribution >= 4 is 11.0 Å². The molecule has 4 rings (SSSR count). The van der Waals surface area contributed by atoms with Crippen LogP contribution in [0, 0.1) is 0 Å². The Bertz CT molecular complexity index is 808. The Morgan fingerprint density at radius 1 is 1.13 bits per heavy atom. The number of likely N-dealkylation sites (tertiary alicyclic amines) is 1. The minimum Gasteiger partial charge on any atom is -0.508 e. The molecule has 0 amide bonds. The standard InChI is InChI=1S/C20H21NO2/c22-18-7-3-5-15(11-18)16-6-4-10-21(12-16)13-17-14-23-20-9-2-1-8-19(17)20/h1-3,5,7-9,11,14,16,22H,4,6,10,12-13H2. The number of aromatic hydroxyl groups is 1. The van der Waals surface area contributed by atoms with Crippen molar-refractivity contribution in [3.05, 3.63) is 65.9 Å². The van der Waals surface area contributed by atoms with Crippen LogP contribution in [0.2, 0.25) is 0 Å². The van der Waals surface area contributed by atoms with Crippen molar-refractivity contribution < 1.29 is 9.52 Å². The van der Waals surface area contributed by atoms with E-state index in [-0.39, 0.29) is 0 Å². The minimum absolute atomic E-state index is 0.362. The third-order valence-corrected chi connectivity index (χ3v) is 4.80. The summed E-state index contributed by atoms with van der Waals surface area (Å²) in [4.78, 5) is 2.50. The minimum atomic E-state index is 0.362. The summed E-state index contributed by atoms with van der Waals surface area (Å²) >= 11 is 0. The Balaban J connectivity index is 1.51. The average Bonchev–Trinajstić information content (AvgIpc) is 2.98. The second kappa shape index (κ2) is 6.09. The molecule has 0 spiro atoms. The molecule has 0 bridgehead atoms. The lowest BCUT2D eigenvalue weighted by atomic mass is 9.90. The zero-order valence-corrected chi connectivity index (χ0v) is 13.1. The van der Waals surface area contributed by atoms with E-state index in [1.54, 1.807) is 6.07 Å². The molecule has 23 heavy (non-hydrogen) atoms. The molecule has 1 aromatic heterocycles. The van der Waals surface area contributed by atoms with Gasteiger partial charge in [0.15, 0.2) is 0 Å². The summed E-state index contributed by atoms with van der Waals surface area (Å²) in [6.07, 6.45) is 4.27. The second-order valence-corrected chi connectivity index (χ2v) is 6.43. The molecule has 1 N–H and O–H groups in total. The van der Waals surface area contributed by atoms with Gasteiger partial charge in [0, 0.05) is 24.0 Å². The highest BCUT2D eigenvalue weighted by Crippen LogP contribution is 2.30. The maximum Gasteiger partial charge on any atom is 0.134 e. The molecule has 3 nitrogen and oxygen atoms in total. The molecule has 0 aliphatic carbocycles. The zero-order chi connectivity index (χ0) is 15.6. The number of fused-ring (bicyclic) bond motifs is 1. The number of hydrogen-bond donors (Lipinski definition) is 1. The van der Waals surface area contributed by atoms with Crippen LogP contribution in [0.5, 0.6) is 5.75 Å². The Kier molecular flexibility index (Phi) is 3.80. The zero-order valence-electron chi connectivity index (χ0n) is 13.1. The van der Waals surface area contributed by atoms with Gasteiger partial charge in [-0.2, -0.15) is 0 Å². The number of para-hydroxylation sites is 1. The van der Waals surface area contributed by atoms with E-state index < -0.39 is 0 Å². The first-order valence-electron chi connectivity index (χ1n) is 8.26. The fraction of sp³-hybridized carbons (Fsp3) is 0.300. The van der Waals surface area contributed by atoms with E-state index in [4.69, 9.17) is 4.42 Å². The van der Waals surface area contributed by atoms with Crippen molar-refractivity contribution in [1.82, 2.24) is 4.90 Å². The first-order valence-corrected chi connectivity index (χ1v) is 8.26. The highest BCUT2D eigenvalue weighted by atomic mass is 16.3. The van der Waals surface area contributed by atoms with Crippen molar-refractivity contribution in [3.8, 4) is 5.75 Å². The van der Waals surface area contributed by atoms with Gasteiger partial charge in [-0.3, -0.25) is 4.90 Å². The largest absolute Gasteiger partial charge is 0.508 e. The molecule has 2 heterocycles. The molecule has 1 aliphatic heterocycles. The van der Waals surface area contributed by atoms with Gasteiger partial charge in [0.1, 0.15) is 11.3 Å². The summed E-state index contributed by atoms with van der Waals surface area (Å²) in [5.74, 6) is 0.856. The third kappa shape index (κ3) is 2.97. The maximum absolute atomic E-state index is 9.71. The number of rotatable bonds is 3. The van der Waals surface area contributed by atoms with E-state index >= 15 is 0 Å². The number of nitrogens with zero attached hydrogens (tertiary/aromatic N) is 1. The number of phenols is 1. The molecule has 3 aromatic rings. The van der Waals surface area contributed by atoms with Gasteiger partial charge in [-0.15, -0.1) is 0 Å². The Morgan fingerprint density at radius 2 is 2.04 bits per heavy atom. The monoisotopic (exact) mass is 307 g/mol. The lowest BCUT2D eigenvalue weighted by molar-refractivity contribution is 0.200. The van der Waals surface area contributed by atoms with Crippen molar-refractivity contribution in [3.63, 3.8) is 0 Å². The average molecular weight is 307 g/mol. The van der Waals surface area contributed by atoms with Gasteiger partial charge >= 0.3 is 0 Å². The molecule has 118 valence electrons. The molecular weight excluding hydrogens is 286 g/mol. The van der Waals surface area contributed by atoms with E-state index in [1.807, 2.05) is 30.5 Å². The summed E-state index contributed by atoms with van der Waals surface area (Å²) in [7, 11) is 0. The molecule has 1 fully saturated rings. The maximum atomic E-state index is 9.71. The van der Waals surface area contributed by atoms with E-state index in [1.165, 1.54) is 29.4 Å². The third-order valence-electron chi connectivity index (χ3n) is 4.80. The summed E-state index contributed by atoms with van der Waals surface area (Å²) < 4.78 is 5.66. The smallest absolute Gasteiger partial charge is 0.134 e. The molecule has 1 unspecified atom stereocenters. The number of furan rings is 1. The Labute approximate surface area is 136 Å². The van der Waals surface area contributed by atoms with Crippen LogP contribution in [0.25, 0.3) is 11.0 Å². The van der Waals surface area contributed by atoms with Crippen LogP contribution in [-0.4, -0.2) is 23.1 Å². The molecule has 3 heteroatoms.